The molecule has 152 valence electrons. The Bertz CT molecular complexity index is 946. The lowest BCUT2D eigenvalue weighted by molar-refractivity contribution is 0.0526. The number of fused-ring (bicyclic) bond motifs is 1. The maximum atomic E-state index is 12.8. The van der Waals surface area contributed by atoms with Crippen molar-refractivity contribution < 1.29 is 19.2 Å². The molecule has 1 aliphatic rings. The molecule has 6 nitrogen and oxygen atoms in total. The summed E-state index contributed by atoms with van der Waals surface area (Å²) in [5, 5.41) is 7.03. The average Bonchev–Trinajstić information content (AvgIpc) is 2.70. The SMILES string of the molecule is CCOC(=O)c1ccc(NC(=O)c2ccc3c(c2)C(=NOC)CCC3(C)C)cc1. The smallest absolute Gasteiger partial charge is 0.338 e. The van der Waals surface area contributed by atoms with Crippen molar-refractivity contribution in [3.63, 3.8) is 0 Å². The summed E-state index contributed by atoms with van der Waals surface area (Å²) in [6.07, 6.45) is 1.77. The third-order valence-corrected chi connectivity index (χ3v) is 5.16. The van der Waals surface area contributed by atoms with E-state index in [-0.39, 0.29) is 17.3 Å². The molecule has 0 fully saturated rings. The van der Waals surface area contributed by atoms with E-state index in [1.807, 2.05) is 18.2 Å². The minimum absolute atomic E-state index is 0.0139. The molecule has 29 heavy (non-hydrogen) atoms. The monoisotopic (exact) mass is 394 g/mol. The molecule has 2 aromatic carbocycles. The van der Waals surface area contributed by atoms with Gasteiger partial charge in [0.1, 0.15) is 7.11 Å². The van der Waals surface area contributed by atoms with E-state index in [2.05, 4.69) is 24.3 Å². The number of esters is 1. The summed E-state index contributed by atoms with van der Waals surface area (Å²) in [7, 11) is 1.53. The van der Waals surface area contributed by atoms with Crippen LogP contribution in [-0.2, 0) is 15.0 Å². The molecule has 0 saturated heterocycles. The van der Waals surface area contributed by atoms with Crippen molar-refractivity contribution in [1.29, 1.82) is 0 Å². The molecule has 0 bridgehead atoms. The second-order valence-corrected chi connectivity index (χ2v) is 7.62. The Morgan fingerprint density at radius 2 is 1.79 bits per heavy atom. The van der Waals surface area contributed by atoms with Crippen LogP contribution in [0.5, 0.6) is 0 Å². The first-order valence-corrected chi connectivity index (χ1v) is 9.69. The zero-order valence-electron chi connectivity index (χ0n) is 17.2. The zero-order chi connectivity index (χ0) is 21.0. The Balaban J connectivity index is 1.82. The number of nitrogens with zero attached hydrogens (tertiary/aromatic N) is 1. The second-order valence-electron chi connectivity index (χ2n) is 7.62. The fraction of sp³-hybridized carbons (Fsp3) is 0.348. The highest BCUT2D eigenvalue weighted by atomic mass is 16.6. The highest BCUT2D eigenvalue weighted by molar-refractivity contribution is 6.08. The van der Waals surface area contributed by atoms with Gasteiger partial charge in [0.05, 0.1) is 17.9 Å². The molecule has 6 heteroatoms. The molecule has 2 aromatic rings. The van der Waals surface area contributed by atoms with Crippen LogP contribution in [0, 0.1) is 0 Å². The molecule has 0 aliphatic heterocycles. The van der Waals surface area contributed by atoms with E-state index >= 15 is 0 Å². The molecular weight excluding hydrogens is 368 g/mol. The van der Waals surface area contributed by atoms with Gasteiger partial charge in [-0.15, -0.1) is 0 Å². The Labute approximate surface area is 170 Å². The standard InChI is InChI=1S/C23H26N2O4/c1-5-29-22(27)15-6-9-17(10-7-15)24-21(26)16-8-11-19-18(14-16)20(25-28-4)12-13-23(19,2)3/h6-11,14H,5,12-13H2,1-4H3,(H,24,26). The quantitative estimate of drug-likeness (QED) is 0.597. The molecule has 0 saturated carbocycles. The van der Waals surface area contributed by atoms with Crippen molar-refractivity contribution in [2.45, 2.75) is 39.0 Å². The molecule has 1 aliphatic carbocycles. The maximum Gasteiger partial charge on any atom is 0.338 e. The Morgan fingerprint density at radius 3 is 2.45 bits per heavy atom. The number of oxime groups is 1. The van der Waals surface area contributed by atoms with Gasteiger partial charge in [-0.05, 0) is 67.1 Å². The molecule has 0 spiro atoms. The van der Waals surface area contributed by atoms with Gasteiger partial charge in [-0.1, -0.05) is 25.1 Å². The van der Waals surface area contributed by atoms with Crippen LogP contribution in [0.1, 0.15) is 65.5 Å². The van der Waals surface area contributed by atoms with Crippen LogP contribution in [0.15, 0.2) is 47.6 Å². The second kappa shape index (κ2) is 8.47. The van der Waals surface area contributed by atoms with E-state index in [1.54, 1.807) is 31.2 Å². The van der Waals surface area contributed by atoms with Crippen molar-refractivity contribution in [1.82, 2.24) is 0 Å². The van der Waals surface area contributed by atoms with Gasteiger partial charge in [0, 0.05) is 16.8 Å². The van der Waals surface area contributed by atoms with Gasteiger partial charge in [-0.25, -0.2) is 4.79 Å². The van der Waals surface area contributed by atoms with Crippen LogP contribution in [0.3, 0.4) is 0 Å². The Kier molecular flexibility index (Phi) is 6.01. The van der Waals surface area contributed by atoms with E-state index in [1.165, 1.54) is 7.11 Å². The van der Waals surface area contributed by atoms with Crippen molar-refractivity contribution in [2.75, 3.05) is 19.0 Å². The van der Waals surface area contributed by atoms with E-state index in [4.69, 9.17) is 9.57 Å². The van der Waals surface area contributed by atoms with Crippen LogP contribution in [-0.4, -0.2) is 31.3 Å². The number of amides is 1. The number of benzene rings is 2. The fourth-order valence-electron chi connectivity index (χ4n) is 3.53. The molecule has 1 N–H and O–H groups in total. The van der Waals surface area contributed by atoms with Crippen molar-refractivity contribution >= 4 is 23.3 Å². The normalized spacial score (nSPS) is 16.1. The Hall–Kier alpha value is -3.15. The maximum absolute atomic E-state index is 12.8. The van der Waals surface area contributed by atoms with E-state index in [0.29, 0.717) is 23.4 Å². The molecule has 3 rings (SSSR count). The lowest BCUT2D eigenvalue weighted by Gasteiger charge is -2.33. The first-order chi connectivity index (χ1) is 13.9. The van der Waals surface area contributed by atoms with E-state index < -0.39 is 0 Å². The number of hydrogen-bond donors (Lipinski definition) is 1. The number of carbonyl (C=O) groups is 2. The number of carbonyl (C=O) groups excluding carboxylic acids is 2. The van der Waals surface area contributed by atoms with Crippen molar-refractivity contribution in [3.05, 3.63) is 64.7 Å². The molecule has 1 amide bonds. The largest absolute Gasteiger partial charge is 0.462 e. The summed E-state index contributed by atoms with van der Waals surface area (Å²) < 4.78 is 4.97. The first kappa shape index (κ1) is 20.6. The van der Waals surface area contributed by atoms with Crippen LogP contribution < -0.4 is 5.32 Å². The van der Waals surface area contributed by atoms with Gasteiger partial charge >= 0.3 is 5.97 Å². The lowest BCUT2D eigenvalue weighted by Crippen LogP contribution is -2.28. The molecule has 0 radical (unpaired) electrons. The highest BCUT2D eigenvalue weighted by Gasteiger charge is 2.31. The van der Waals surface area contributed by atoms with Gasteiger partial charge in [0.25, 0.3) is 5.91 Å². The van der Waals surface area contributed by atoms with Gasteiger partial charge < -0.3 is 14.9 Å². The molecule has 0 unspecified atom stereocenters. The van der Waals surface area contributed by atoms with Crippen molar-refractivity contribution in [2.24, 2.45) is 5.16 Å². The molecule has 0 aromatic heterocycles. The topological polar surface area (TPSA) is 77.0 Å². The predicted octanol–water partition coefficient (Wildman–Crippen LogP) is 4.54. The number of ether oxygens (including phenoxy) is 1. The molecule has 0 atom stereocenters. The lowest BCUT2D eigenvalue weighted by atomic mass is 9.71. The number of hydrogen-bond acceptors (Lipinski definition) is 5. The number of rotatable bonds is 5. The van der Waals surface area contributed by atoms with Crippen LogP contribution in [0.2, 0.25) is 0 Å². The highest BCUT2D eigenvalue weighted by Crippen LogP contribution is 2.37. The summed E-state index contributed by atoms with van der Waals surface area (Å²) in [4.78, 5) is 29.5. The third kappa shape index (κ3) is 4.47. The minimum Gasteiger partial charge on any atom is -0.462 e. The predicted molar refractivity (Wildman–Crippen MR) is 113 cm³/mol. The van der Waals surface area contributed by atoms with Gasteiger partial charge in [-0.2, -0.15) is 0 Å². The van der Waals surface area contributed by atoms with E-state index in [0.717, 1.165) is 29.7 Å². The molecular formula is C23H26N2O4. The first-order valence-electron chi connectivity index (χ1n) is 9.69. The summed E-state index contributed by atoms with van der Waals surface area (Å²) in [6, 6.07) is 12.3. The van der Waals surface area contributed by atoms with Crippen LogP contribution >= 0.6 is 0 Å². The average molecular weight is 394 g/mol. The minimum atomic E-state index is -0.382. The summed E-state index contributed by atoms with van der Waals surface area (Å²) >= 11 is 0. The van der Waals surface area contributed by atoms with Crippen molar-refractivity contribution in [3.8, 4) is 0 Å². The third-order valence-electron chi connectivity index (χ3n) is 5.16. The van der Waals surface area contributed by atoms with Gasteiger partial charge in [0.15, 0.2) is 0 Å². The zero-order valence-corrected chi connectivity index (χ0v) is 17.2. The number of nitrogens with one attached hydrogen (secondary N) is 1. The van der Waals surface area contributed by atoms with Crippen LogP contribution in [0.25, 0.3) is 0 Å². The van der Waals surface area contributed by atoms with E-state index in [9.17, 15) is 9.59 Å². The summed E-state index contributed by atoms with van der Waals surface area (Å²) in [5.41, 5.74) is 4.58. The van der Waals surface area contributed by atoms with Gasteiger partial charge in [-0.3, -0.25) is 4.79 Å². The van der Waals surface area contributed by atoms with Crippen LogP contribution in [0.4, 0.5) is 5.69 Å². The Morgan fingerprint density at radius 1 is 1.10 bits per heavy atom. The summed E-state index contributed by atoms with van der Waals surface area (Å²) in [5.74, 6) is -0.607. The van der Waals surface area contributed by atoms with Gasteiger partial charge in [0.2, 0.25) is 0 Å². The fourth-order valence-corrected chi connectivity index (χ4v) is 3.53. The molecule has 0 heterocycles. The number of anilines is 1. The summed E-state index contributed by atoms with van der Waals surface area (Å²) in [6.45, 7) is 6.47.